The lowest BCUT2D eigenvalue weighted by Gasteiger charge is -2.26. The summed E-state index contributed by atoms with van der Waals surface area (Å²) in [4.78, 5) is 17.7. The summed E-state index contributed by atoms with van der Waals surface area (Å²) in [5, 5.41) is 2.88. The molecule has 4 nitrogen and oxygen atoms in total. The predicted molar refractivity (Wildman–Crippen MR) is 93.0 cm³/mol. The molecule has 0 saturated carbocycles. The molecule has 4 heteroatoms. The van der Waals surface area contributed by atoms with Gasteiger partial charge in [0.25, 0.3) is 5.56 Å². The van der Waals surface area contributed by atoms with E-state index >= 15 is 0 Å². The van der Waals surface area contributed by atoms with Crippen LogP contribution >= 0.6 is 0 Å². The van der Waals surface area contributed by atoms with Crippen molar-refractivity contribution in [3.63, 3.8) is 0 Å². The van der Waals surface area contributed by atoms with E-state index in [0.29, 0.717) is 0 Å². The van der Waals surface area contributed by atoms with Crippen molar-refractivity contribution < 1.29 is 4.74 Å². The molecule has 0 spiro atoms. The van der Waals surface area contributed by atoms with Crippen LogP contribution in [0, 0.1) is 0 Å². The van der Waals surface area contributed by atoms with Crippen molar-refractivity contribution in [2.24, 2.45) is 0 Å². The number of ether oxygens (including phenoxy) is 1. The van der Waals surface area contributed by atoms with Crippen molar-refractivity contribution in [1.82, 2.24) is 9.88 Å². The predicted octanol–water partition coefficient (Wildman–Crippen LogP) is 2.56. The average Bonchev–Trinajstić information content (AvgIpc) is 2.61. The zero-order valence-electron chi connectivity index (χ0n) is 13.0. The van der Waals surface area contributed by atoms with Crippen molar-refractivity contribution in [1.29, 1.82) is 0 Å². The van der Waals surface area contributed by atoms with E-state index in [1.165, 1.54) is 5.56 Å². The van der Waals surface area contributed by atoms with Crippen LogP contribution in [0.15, 0.2) is 47.3 Å². The van der Waals surface area contributed by atoms with Gasteiger partial charge in [0.2, 0.25) is 0 Å². The number of H-pyrrole nitrogens is 1. The molecule has 1 aliphatic rings. The maximum absolute atomic E-state index is 12.2. The van der Waals surface area contributed by atoms with Crippen LogP contribution in [0.2, 0.25) is 0 Å². The number of aromatic nitrogens is 1. The lowest BCUT2D eigenvalue weighted by atomic mass is 10.0. The Morgan fingerprint density at radius 1 is 1.00 bits per heavy atom. The molecule has 0 aliphatic carbocycles. The fourth-order valence-corrected chi connectivity index (χ4v) is 3.30. The maximum Gasteiger partial charge on any atom is 0.256 e. The molecule has 2 heterocycles. The minimum Gasteiger partial charge on any atom is -0.379 e. The van der Waals surface area contributed by atoms with Crippen LogP contribution in [0.5, 0.6) is 0 Å². The fourth-order valence-electron chi connectivity index (χ4n) is 3.30. The second-order valence-corrected chi connectivity index (χ2v) is 6.08. The van der Waals surface area contributed by atoms with Crippen molar-refractivity contribution in [3.8, 4) is 0 Å². The lowest BCUT2D eigenvalue weighted by molar-refractivity contribution is 0.0384. The van der Waals surface area contributed by atoms with Gasteiger partial charge in [0.05, 0.1) is 13.2 Å². The van der Waals surface area contributed by atoms with Crippen LogP contribution in [0.4, 0.5) is 0 Å². The van der Waals surface area contributed by atoms with Gasteiger partial charge in [-0.05, 0) is 29.5 Å². The van der Waals surface area contributed by atoms with Crippen molar-refractivity contribution >= 4 is 21.7 Å². The standard InChI is InChI=1S/C19H20N2O2/c22-19-17-4-2-1-3-15(17)16-6-5-14(13-18(16)20-19)7-8-21-9-11-23-12-10-21/h1-6,13H,7-12H2,(H,20,22). The van der Waals surface area contributed by atoms with Gasteiger partial charge in [0.15, 0.2) is 0 Å². The summed E-state index contributed by atoms with van der Waals surface area (Å²) in [5.41, 5.74) is 2.17. The van der Waals surface area contributed by atoms with E-state index in [9.17, 15) is 4.79 Å². The minimum atomic E-state index is -0.0153. The van der Waals surface area contributed by atoms with Crippen molar-refractivity contribution in [3.05, 3.63) is 58.4 Å². The van der Waals surface area contributed by atoms with E-state index in [-0.39, 0.29) is 5.56 Å². The molecule has 4 rings (SSSR count). The first kappa shape index (κ1) is 14.4. The van der Waals surface area contributed by atoms with Gasteiger partial charge in [-0.1, -0.05) is 30.3 Å². The van der Waals surface area contributed by atoms with Gasteiger partial charge in [-0.15, -0.1) is 0 Å². The summed E-state index contributed by atoms with van der Waals surface area (Å²) in [6.45, 7) is 4.71. The zero-order chi connectivity index (χ0) is 15.6. The molecule has 0 amide bonds. The zero-order valence-corrected chi connectivity index (χ0v) is 13.0. The Kier molecular flexibility index (Phi) is 3.85. The summed E-state index contributed by atoms with van der Waals surface area (Å²) < 4.78 is 5.38. The van der Waals surface area contributed by atoms with Gasteiger partial charge in [-0.2, -0.15) is 0 Å². The molecule has 0 radical (unpaired) electrons. The van der Waals surface area contributed by atoms with Crippen LogP contribution in [0.25, 0.3) is 21.7 Å². The minimum absolute atomic E-state index is 0.0153. The quantitative estimate of drug-likeness (QED) is 0.756. The maximum atomic E-state index is 12.2. The highest BCUT2D eigenvalue weighted by molar-refractivity contribution is 6.05. The Balaban J connectivity index is 1.65. The molecule has 0 unspecified atom stereocenters. The molecule has 2 aromatic carbocycles. The fraction of sp³-hybridized carbons (Fsp3) is 0.316. The number of nitrogens with zero attached hydrogens (tertiary/aromatic N) is 1. The molecule has 1 aromatic heterocycles. The monoisotopic (exact) mass is 308 g/mol. The van der Waals surface area contributed by atoms with E-state index in [0.717, 1.165) is 60.9 Å². The molecule has 1 saturated heterocycles. The van der Waals surface area contributed by atoms with Gasteiger partial charge in [0, 0.05) is 35.9 Å². The third kappa shape index (κ3) is 2.87. The normalized spacial score (nSPS) is 16.2. The molecule has 1 fully saturated rings. The number of rotatable bonds is 3. The number of morpholine rings is 1. The third-order valence-electron chi connectivity index (χ3n) is 4.61. The Morgan fingerprint density at radius 2 is 1.78 bits per heavy atom. The van der Waals surface area contributed by atoms with Crippen molar-refractivity contribution in [2.75, 3.05) is 32.8 Å². The van der Waals surface area contributed by atoms with Crippen LogP contribution in [0.1, 0.15) is 5.56 Å². The molecule has 0 atom stereocenters. The summed E-state index contributed by atoms with van der Waals surface area (Å²) >= 11 is 0. The molecule has 1 N–H and O–H groups in total. The molecular formula is C19H20N2O2. The third-order valence-corrected chi connectivity index (χ3v) is 4.61. The molecule has 0 bridgehead atoms. The number of benzene rings is 2. The number of hydrogen-bond acceptors (Lipinski definition) is 3. The first-order valence-corrected chi connectivity index (χ1v) is 8.15. The number of pyridine rings is 1. The van der Waals surface area contributed by atoms with Crippen LogP contribution < -0.4 is 5.56 Å². The summed E-state index contributed by atoms with van der Waals surface area (Å²) in [7, 11) is 0. The van der Waals surface area contributed by atoms with Gasteiger partial charge in [0.1, 0.15) is 0 Å². The Hall–Kier alpha value is -2.17. The molecule has 23 heavy (non-hydrogen) atoms. The topological polar surface area (TPSA) is 45.3 Å². The Bertz CT molecular complexity index is 895. The highest BCUT2D eigenvalue weighted by Crippen LogP contribution is 2.22. The first-order chi connectivity index (χ1) is 11.3. The van der Waals surface area contributed by atoms with E-state index < -0.39 is 0 Å². The van der Waals surface area contributed by atoms with Gasteiger partial charge < -0.3 is 9.72 Å². The van der Waals surface area contributed by atoms with E-state index in [2.05, 4.69) is 28.1 Å². The largest absolute Gasteiger partial charge is 0.379 e. The van der Waals surface area contributed by atoms with E-state index in [4.69, 9.17) is 4.74 Å². The number of nitrogens with one attached hydrogen (secondary N) is 1. The Morgan fingerprint density at radius 3 is 2.61 bits per heavy atom. The number of aromatic amines is 1. The first-order valence-electron chi connectivity index (χ1n) is 8.15. The number of hydrogen-bond donors (Lipinski definition) is 1. The smallest absolute Gasteiger partial charge is 0.256 e. The van der Waals surface area contributed by atoms with Crippen LogP contribution in [-0.2, 0) is 11.2 Å². The summed E-state index contributed by atoms with van der Waals surface area (Å²) in [6, 6.07) is 14.2. The molecular weight excluding hydrogens is 288 g/mol. The molecule has 3 aromatic rings. The highest BCUT2D eigenvalue weighted by Gasteiger charge is 2.10. The van der Waals surface area contributed by atoms with Gasteiger partial charge >= 0.3 is 0 Å². The molecule has 1 aliphatic heterocycles. The average molecular weight is 308 g/mol. The van der Waals surface area contributed by atoms with Gasteiger partial charge in [-0.25, -0.2) is 0 Å². The van der Waals surface area contributed by atoms with E-state index in [1.807, 2.05) is 24.3 Å². The second-order valence-electron chi connectivity index (χ2n) is 6.08. The Labute approximate surface area is 134 Å². The van der Waals surface area contributed by atoms with Gasteiger partial charge in [-0.3, -0.25) is 9.69 Å². The SMILES string of the molecule is O=c1[nH]c2cc(CCN3CCOCC3)ccc2c2ccccc12. The summed E-state index contributed by atoms with van der Waals surface area (Å²) in [6.07, 6.45) is 0.991. The molecule has 118 valence electrons. The van der Waals surface area contributed by atoms with Crippen LogP contribution in [0.3, 0.4) is 0 Å². The lowest BCUT2D eigenvalue weighted by Crippen LogP contribution is -2.37. The number of fused-ring (bicyclic) bond motifs is 3. The second kappa shape index (κ2) is 6.14. The highest BCUT2D eigenvalue weighted by atomic mass is 16.5. The van der Waals surface area contributed by atoms with Crippen molar-refractivity contribution in [2.45, 2.75) is 6.42 Å². The summed E-state index contributed by atoms with van der Waals surface area (Å²) in [5.74, 6) is 0. The van der Waals surface area contributed by atoms with Crippen LogP contribution in [-0.4, -0.2) is 42.7 Å². The van der Waals surface area contributed by atoms with E-state index in [1.54, 1.807) is 0 Å².